The van der Waals surface area contributed by atoms with Crippen LogP contribution < -0.4 is 5.32 Å². The number of nitrogens with one attached hydrogen (secondary N) is 1. The van der Waals surface area contributed by atoms with Gasteiger partial charge >= 0.3 is 0 Å². The van der Waals surface area contributed by atoms with Gasteiger partial charge in [-0.3, -0.25) is 9.59 Å². The van der Waals surface area contributed by atoms with Crippen molar-refractivity contribution in [1.29, 1.82) is 0 Å². The van der Waals surface area contributed by atoms with Crippen LogP contribution >= 0.6 is 0 Å². The predicted octanol–water partition coefficient (Wildman–Crippen LogP) is 3.22. The molecule has 5 nitrogen and oxygen atoms in total. The van der Waals surface area contributed by atoms with Gasteiger partial charge in [0, 0.05) is 39.1 Å². The maximum absolute atomic E-state index is 12.7. The van der Waals surface area contributed by atoms with Crippen molar-refractivity contribution in [2.45, 2.75) is 60.0 Å². The van der Waals surface area contributed by atoms with Gasteiger partial charge in [0.05, 0.1) is 0 Å². The molecule has 0 bridgehead atoms. The number of amides is 2. The van der Waals surface area contributed by atoms with Crippen molar-refractivity contribution in [2.24, 2.45) is 11.8 Å². The zero-order valence-electron chi connectivity index (χ0n) is 18.2. The molecule has 0 saturated carbocycles. The number of nitrogens with zero attached hydrogens (tertiary/aromatic N) is 2. The Morgan fingerprint density at radius 2 is 1.75 bits per heavy atom. The molecular weight excluding hydrogens is 350 g/mol. The molecule has 28 heavy (non-hydrogen) atoms. The van der Waals surface area contributed by atoms with Crippen LogP contribution in [-0.2, 0) is 16.1 Å². The van der Waals surface area contributed by atoms with Gasteiger partial charge in [-0.15, -0.1) is 0 Å². The molecule has 2 rings (SSSR count). The summed E-state index contributed by atoms with van der Waals surface area (Å²) in [5.74, 6) is 1.26. The summed E-state index contributed by atoms with van der Waals surface area (Å²) in [7, 11) is 0. The number of carbonyl (C=O) groups is 2. The number of rotatable bonds is 10. The standard InChI is InChI=1S/C23H37N3O2/c1-17(2)14-25(15-18(3)4)13-12-24-23(28)21-10-11-22(27)26(21)16-20-8-6-19(5)7-9-20/h6-9,17-18,21H,10-16H2,1-5H3,(H,24,28)/t21-/m1/s1. The fourth-order valence-electron chi connectivity index (χ4n) is 3.84. The van der Waals surface area contributed by atoms with Gasteiger partial charge in [0.15, 0.2) is 0 Å². The van der Waals surface area contributed by atoms with Crippen molar-refractivity contribution in [3.8, 4) is 0 Å². The zero-order chi connectivity index (χ0) is 20.7. The highest BCUT2D eigenvalue weighted by atomic mass is 16.2. The number of aryl methyl sites for hydroxylation is 1. The van der Waals surface area contributed by atoms with E-state index < -0.39 is 0 Å². The van der Waals surface area contributed by atoms with Gasteiger partial charge in [-0.25, -0.2) is 0 Å². The average Bonchev–Trinajstić information content (AvgIpc) is 2.96. The lowest BCUT2D eigenvalue weighted by Gasteiger charge is -2.27. The number of hydrogen-bond donors (Lipinski definition) is 1. The summed E-state index contributed by atoms with van der Waals surface area (Å²) in [4.78, 5) is 29.2. The Balaban J connectivity index is 1.88. The summed E-state index contributed by atoms with van der Waals surface area (Å²) in [5, 5.41) is 3.07. The van der Waals surface area contributed by atoms with E-state index in [2.05, 4.69) is 37.9 Å². The van der Waals surface area contributed by atoms with Crippen LogP contribution in [0.3, 0.4) is 0 Å². The van der Waals surface area contributed by atoms with Crippen LogP contribution in [-0.4, -0.2) is 53.8 Å². The van der Waals surface area contributed by atoms with Crippen molar-refractivity contribution in [3.05, 3.63) is 35.4 Å². The van der Waals surface area contributed by atoms with Crippen LogP contribution in [0.2, 0.25) is 0 Å². The molecule has 0 aliphatic carbocycles. The number of likely N-dealkylation sites (tertiary alicyclic amines) is 1. The minimum Gasteiger partial charge on any atom is -0.353 e. The first-order valence-corrected chi connectivity index (χ1v) is 10.6. The molecule has 0 spiro atoms. The van der Waals surface area contributed by atoms with E-state index in [4.69, 9.17) is 0 Å². The van der Waals surface area contributed by atoms with E-state index in [1.54, 1.807) is 4.90 Å². The molecule has 156 valence electrons. The van der Waals surface area contributed by atoms with Crippen molar-refractivity contribution < 1.29 is 9.59 Å². The summed E-state index contributed by atoms with van der Waals surface area (Å²) in [6, 6.07) is 7.81. The normalized spacial score (nSPS) is 17.2. The quantitative estimate of drug-likeness (QED) is 0.671. The smallest absolute Gasteiger partial charge is 0.242 e. The molecule has 1 heterocycles. The topological polar surface area (TPSA) is 52.7 Å². The third-order valence-corrected chi connectivity index (χ3v) is 5.08. The second kappa shape index (κ2) is 10.6. The van der Waals surface area contributed by atoms with Crippen molar-refractivity contribution in [1.82, 2.24) is 15.1 Å². The maximum Gasteiger partial charge on any atom is 0.242 e. The van der Waals surface area contributed by atoms with Crippen molar-refractivity contribution >= 4 is 11.8 Å². The van der Waals surface area contributed by atoms with Crippen LogP contribution in [0.5, 0.6) is 0 Å². The van der Waals surface area contributed by atoms with Crippen molar-refractivity contribution in [3.63, 3.8) is 0 Å². The van der Waals surface area contributed by atoms with Gasteiger partial charge in [0.1, 0.15) is 6.04 Å². The lowest BCUT2D eigenvalue weighted by Crippen LogP contribution is -2.46. The molecule has 5 heteroatoms. The molecule has 1 aromatic carbocycles. The Hall–Kier alpha value is -1.88. The fourth-order valence-corrected chi connectivity index (χ4v) is 3.84. The minimum absolute atomic E-state index is 0.0213. The Morgan fingerprint density at radius 1 is 1.14 bits per heavy atom. The van der Waals surface area contributed by atoms with Gasteiger partial charge in [0.25, 0.3) is 0 Å². The Bertz CT molecular complexity index is 630. The van der Waals surface area contributed by atoms with E-state index in [9.17, 15) is 9.59 Å². The minimum atomic E-state index is -0.350. The molecule has 1 fully saturated rings. The highest BCUT2D eigenvalue weighted by Crippen LogP contribution is 2.22. The number of hydrogen-bond acceptors (Lipinski definition) is 3. The molecule has 1 aromatic rings. The van der Waals surface area contributed by atoms with Crippen LogP contribution in [0.1, 0.15) is 51.7 Å². The summed E-state index contributed by atoms with van der Waals surface area (Å²) in [5.41, 5.74) is 2.26. The van der Waals surface area contributed by atoms with Crippen LogP contribution in [0, 0.1) is 18.8 Å². The summed E-state index contributed by atoms with van der Waals surface area (Å²) in [6.07, 6.45) is 1.06. The maximum atomic E-state index is 12.7. The van der Waals surface area contributed by atoms with Gasteiger partial charge < -0.3 is 15.1 Å². The fraction of sp³-hybridized carbons (Fsp3) is 0.652. The number of benzene rings is 1. The first-order valence-electron chi connectivity index (χ1n) is 10.6. The van der Waals surface area contributed by atoms with Crippen molar-refractivity contribution in [2.75, 3.05) is 26.2 Å². The molecule has 0 aromatic heterocycles. The van der Waals surface area contributed by atoms with E-state index >= 15 is 0 Å². The van der Waals surface area contributed by atoms with E-state index in [1.807, 2.05) is 31.2 Å². The van der Waals surface area contributed by atoms with Gasteiger partial charge in [0.2, 0.25) is 11.8 Å². The lowest BCUT2D eigenvalue weighted by molar-refractivity contribution is -0.135. The highest BCUT2D eigenvalue weighted by molar-refractivity contribution is 5.90. The van der Waals surface area contributed by atoms with E-state index in [-0.39, 0.29) is 17.9 Å². The zero-order valence-corrected chi connectivity index (χ0v) is 18.2. The van der Waals surface area contributed by atoms with Crippen LogP contribution in [0.4, 0.5) is 0 Å². The Morgan fingerprint density at radius 3 is 2.32 bits per heavy atom. The SMILES string of the molecule is Cc1ccc(CN2C(=O)CC[C@@H]2C(=O)NCCN(CC(C)C)CC(C)C)cc1. The van der Waals surface area contributed by atoms with Crippen LogP contribution in [0.15, 0.2) is 24.3 Å². The Labute approximate surface area is 170 Å². The van der Waals surface area contributed by atoms with E-state index in [1.165, 1.54) is 5.56 Å². The van der Waals surface area contributed by atoms with Gasteiger partial charge in [-0.2, -0.15) is 0 Å². The van der Waals surface area contributed by atoms with Crippen LogP contribution in [0.25, 0.3) is 0 Å². The highest BCUT2D eigenvalue weighted by Gasteiger charge is 2.35. The first kappa shape index (κ1) is 22.4. The monoisotopic (exact) mass is 387 g/mol. The molecule has 1 N–H and O–H groups in total. The summed E-state index contributed by atoms with van der Waals surface area (Å²) >= 11 is 0. The number of carbonyl (C=O) groups excluding carboxylic acids is 2. The molecule has 1 aliphatic heterocycles. The molecule has 2 amide bonds. The predicted molar refractivity (Wildman–Crippen MR) is 114 cm³/mol. The third-order valence-electron chi connectivity index (χ3n) is 5.08. The van der Waals surface area contributed by atoms with E-state index in [0.29, 0.717) is 37.8 Å². The molecule has 0 radical (unpaired) electrons. The van der Waals surface area contributed by atoms with Gasteiger partial charge in [-0.05, 0) is 30.7 Å². The summed E-state index contributed by atoms with van der Waals surface area (Å²) in [6.45, 7) is 15.0. The van der Waals surface area contributed by atoms with E-state index in [0.717, 1.165) is 25.2 Å². The first-order chi connectivity index (χ1) is 13.3. The van der Waals surface area contributed by atoms with Gasteiger partial charge in [-0.1, -0.05) is 57.5 Å². The Kier molecular flexibility index (Phi) is 8.49. The molecular formula is C23H37N3O2. The molecule has 1 atom stereocenters. The largest absolute Gasteiger partial charge is 0.353 e. The second-order valence-electron chi connectivity index (χ2n) is 8.90. The average molecular weight is 388 g/mol. The molecule has 1 aliphatic rings. The summed E-state index contributed by atoms with van der Waals surface area (Å²) < 4.78 is 0. The second-order valence-corrected chi connectivity index (χ2v) is 8.90. The molecule has 0 unspecified atom stereocenters. The lowest BCUT2D eigenvalue weighted by atomic mass is 10.1. The third kappa shape index (κ3) is 6.93. The molecule has 1 saturated heterocycles.